The molecule has 2 aromatic rings. The molecule has 0 saturated carbocycles. The van der Waals surface area contributed by atoms with E-state index in [0.29, 0.717) is 18.7 Å². The van der Waals surface area contributed by atoms with Crippen LogP contribution in [0.3, 0.4) is 0 Å². The first-order valence-electron chi connectivity index (χ1n) is 8.85. The smallest absolute Gasteiger partial charge is 0.349 e. The van der Waals surface area contributed by atoms with Crippen LogP contribution in [0.25, 0.3) is 6.08 Å². The van der Waals surface area contributed by atoms with Gasteiger partial charge in [-0.15, -0.1) is 0 Å². The van der Waals surface area contributed by atoms with E-state index in [4.69, 9.17) is 9.47 Å². The highest BCUT2D eigenvalue weighted by molar-refractivity contribution is 6.00. The van der Waals surface area contributed by atoms with E-state index in [1.54, 1.807) is 13.2 Å². The fourth-order valence-electron chi connectivity index (χ4n) is 2.77. The highest BCUT2D eigenvalue weighted by Crippen LogP contribution is 2.18. The SMILES string of the molecule is COCCn1c(C)cc(/C=C(\C#N)C(=O)OCC(=O)Nc2cccc(F)c2)c1C. The number of hydrogen-bond donors (Lipinski definition) is 1. The average molecular weight is 399 g/mol. The number of aryl methyl sites for hydroxylation is 1. The topological polar surface area (TPSA) is 93.3 Å². The number of aromatic nitrogens is 1. The van der Waals surface area contributed by atoms with E-state index in [9.17, 15) is 19.2 Å². The highest BCUT2D eigenvalue weighted by Gasteiger charge is 2.15. The average Bonchev–Trinajstić information content (AvgIpc) is 2.95. The molecule has 0 radical (unpaired) electrons. The summed E-state index contributed by atoms with van der Waals surface area (Å²) in [6.07, 6.45) is 1.43. The van der Waals surface area contributed by atoms with Crippen LogP contribution < -0.4 is 5.32 Å². The van der Waals surface area contributed by atoms with E-state index in [2.05, 4.69) is 5.32 Å². The summed E-state index contributed by atoms with van der Waals surface area (Å²) in [6.45, 7) is 4.38. The lowest BCUT2D eigenvalue weighted by Crippen LogP contribution is -2.21. The Bertz CT molecular complexity index is 973. The van der Waals surface area contributed by atoms with Gasteiger partial charge in [0, 0.05) is 30.7 Å². The number of anilines is 1. The molecule has 8 heteroatoms. The van der Waals surface area contributed by atoms with Crippen molar-refractivity contribution in [2.75, 3.05) is 25.6 Å². The van der Waals surface area contributed by atoms with Crippen molar-refractivity contribution in [2.45, 2.75) is 20.4 Å². The van der Waals surface area contributed by atoms with Crippen molar-refractivity contribution in [3.05, 3.63) is 58.7 Å². The number of carbonyl (C=O) groups is 2. The second kappa shape index (κ2) is 10.2. The van der Waals surface area contributed by atoms with Crippen LogP contribution in [0.4, 0.5) is 10.1 Å². The number of nitrogens with zero attached hydrogens (tertiary/aromatic N) is 2. The van der Waals surface area contributed by atoms with Crippen molar-refractivity contribution in [1.29, 1.82) is 5.26 Å². The summed E-state index contributed by atoms with van der Waals surface area (Å²) in [7, 11) is 1.61. The van der Waals surface area contributed by atoms with Gasteiger partial charge < -0.3 is 19.4 Å². The number of nitrogens with one attached hydrogen (secondary N) is 1. The standard InChI is InChI=1S/C21H22FN3O4/c1-14-9-16(15(2)25(14)7-8-28-3)10-17(12-23)21(27)29-13-20(26)24-19-6-4-5-18(22)11-19/h4-6,9-11H,7-8,13H2,1-3H3,(H,24,26)/b17-10+. The van der Waals surface area contributed by atoms with Crippen molar-refractivity contribution in [3.8, 4) is 6.07 Å². The van der Waals surface area contributed by atoms with Gasteiger partial charge in [-0.05, 0) is 49.8 Å². The Kier molecular flexibility index (Phi) is 7.69. The van der Waals surface area contributed by atoms with Crippen LogP contribution in [-0.2, 0) is 25.6 Å². The third-order valence-corrected chi connectivity index (χ3v) is 4.21. The Balaban J connectivity index is 2.03. The molecule has 1 aromatic carbocycles. The molecular formula is C21H22FN3O4. The quantitative estimate of drug-likeness (QED) is 0.418. The van der Waals surface area contributed by atoms with Crippen LogP contribution >= 0.6 is 0 Å². The van der Waals surface area contributed by atoms with Gasteiger partial charge in [0.25, 0.3) is 5.91 Å². The Morgan fingerprint density at radius 2 is 2.07 bits per heavy atom. The second-order valence-corrected chi connectivity index (χ2v) is 6.28. The zero-order valence-corrected chi connectivity index (χ0v) is 16.5. The summed E-state index contributed by atoms with van der Waals surface area (Å²) >= 11 is 0. The molecule has 0 bridgehead atoms. The van der Waals surface area contributed by atoms with E-state index in [1.165, 1.54) is 24.3 Å². The summed E-state index contributed by atoms with van der Waals surface area (Å²) in [5.41, 5.74) is 2.56. The first kappa shape index (κ1) is 21.9. The van der Waals surface area contributed by atoms with E-state index >= 15 is 0 Å². The molecule has 0 aliphatic carbocycles. The van der Waals surface area contributed by atoms with Crippen molar-refractivity contribution in [2.24, 2.45) is 0 Å². The molecule has 0 aliphatic rings. The maximum atomic E-state index is 13.1. The first-order valence-corrected chi connectivity index (χ1v) is 8.85. The molecule has 7 nitrogen and oxygen atoms in total. The fraction of sp³-hybridized carbons (Fsp3) is 0.286. The van der Waals surface area contributed by atoms with E-state index in [-0.39, 0.29) is 11.3 Å². The zero-order valence-electron chi connectivity index (χ0n) is 16.5. The van der Waals surface area contributed by atoms with Gasteiger partial charge in [-0.3, -0.25) is 4.79 Å². The van der Waals surface area contributed by atoms with Gasteiger partial charge in [0.2, 0.25) is 0 Å². The number of methoxy groups -OCH3 is 1. The number of hydrogen-bond acceptors (Lipinski definition) is 5. The number of rotatable bonds is 8. The van der Waals surface area contributed by atoms with Gasteiger partial charge in [-0.1, -0.05) is 6.07 Å². The molecular weight excluding hydrogens is 377 g/mol. The molecule has 1 heterocycles. The minimum Gasteiger partial charge on any atom is -0.451 e. The maximum absolute atomic E-state index is 13.1. The Morgan fingerprint density at radius 3 is 2.72 bits per heavy atom. The molecule has 152 valence electrons. The molecule has 1 amide bonds. The Labute approximate surface area is 168 Å². The number of esters is 1. The predicted molar refractivity (Wildman–Crippen MR) is 105 cm³/mol. The molecule has 1 aromatic heterocycles. The maximum Gasteiger partial charge on any atom is 0.349 e. The Hall–Kier alpha value is -3.44. The summed E-state index contributed by atoms with van der Waals surface area (Å²) < 4.78 is 25.1. The molecule has 2 rings (SSSR count). The number of amides is 1. The summed E-state index contributed by atoms with van der Waals surface area (Å²) in [5.74, 6) is -2.06. The Morgan fingerprint density at radius 1 is 1.31 bits per heavy atom. The van der Waals surface area contributed by atoms with Crippen molar-refractivity contribution in [3.63, 3.8) is 0 Å². The number of carbonyl (C=O) groups excluding carboxylic acids is 2. The number of ether oxygens (including phenoxy) is 2. The lowest BCUT2D eigenvalue weighted by atomic mass is 10.1. The lowest BCUT2D eigenvalue weighted by molar-refractivity contribution is -0.142. The minimum atomic E-state index is -0.913. The zero-order chi connectivity index (χ0) is 21.4. The third kappa shape index (κ3) is 6.02. The predicted octanol–water partition coefficient (Wildman–Crippen LogP) is 2.98. The highest BCUT2D eigenvalue weighted by atomic mass is 19.1. The van der Waals surface area contributed by atoms with Crippen LogP contribution in [0, 0.1) is 31.0 Å². The van der Waals surface area contributed by atoms with Crippen LogP contribution in [-0.4, -0.2) is 36.8 Å². The van der Waals surface area contributed by atoms with Gasteiger partial charge >= 0.3 is 5.97 Å². The van der Waals surface area contributed by atoms with Crippen LogP contribution in [0.15, 0.2) is 35.9 Å². The van der Waals surface area contributed by atoms with Gasteiger partial charge in [0.15, 0.2) is 6.61 Å². The monoisotopic (exact) mass is 399 g/mol. The second-order valence-electron chi connectivity index (χ2n) is 6.28. The van der Waals surface area contributed by atoms with Crippen LogP contribution in [0.2, 0.25) is 0 Å². The van der Waals surface area contributed by atoms with Crippen molar-refractivity contribution >= 4 is 23.6 Å². The lowest BCUT2D eigenvalue weighted by Gasteiger charge is -2.08. The summed E-state index contributed by atoms with van der Waals surface area (Å²) in [6, 6.07) is 8.98. The van der Waals surface area contributed by atoms with Crippen molar-refractivity contribution in [1.82, 2.24) is 4.57 Å². The summed E-state index contributed by atoms with van der Waals surface area (Å²) in [5, 5.41) is 11.7. The molecule has 1 N–H and O–H groups in total. The summed E-state index contributed by atoms with van der Waals surface area (Å²) in [4.78, 5) is 24.1. The van der Waals surface area contributed by atoms with Gasteiger partial charge in [0.05, 0.1) is 6.61 Å². The molecule has 0 spiro atoms. The largest absolute Gasteiger partial charge is 0.451 e. The molecule has 0 unspecified atom stereocenters. The molecule has 29 heavy (non-hydrogen) atoms. The van der Waals surface area contributed by atoms with Crippen LogP contribution in [0.5, 0.6) is 0 Å². The van der Waals surface area contributed by atoms with Gasteiger partial charge in [-0.2, -0.15) is 5.26 Å². The fourth-order valence-corrected chi connectivity index (χ4v) is 2.77. The molecule has 0 fully saturated rings. The minimum absolute atomic E-state index is 0.226. The number of nitriles is 1. The normalized spacial score (nSPS) is 11.1. The molecule has 0 saturated heterocycles. The van der Waals surface area contributed by atoms with Crippen molar-refractivity contribution < 1.29 is 23.5 Å². The third-order valence-electron chi connectivity index (χ3n) is 4.21. The number of benzene rings is 1. The van der Waals surface area contributed by atoms with E-state index in [0.717, 1.165) is 17.5 Å². The van der Waals surface area contributed by atoms with Gasteiger partial charge in [-0.25, -0.2) is 9.18 Å². The van der Waals surface area contributed by atoms with Gasteiger partial charge in [0.1, 0.15) is 17.5 Å². The van der Waals surface area contributed by atoms with Crippen LogP contribution in [0.1, 0.15) is 17.0 Å². The molecule has 0 atom stereocenters. The van der Waals surface area contributed by atoms with E-state index < -0.39 is 24.3 Å². The number of halogens is 1. The molecule has 0 aliphatic heterocycles. The first-order chi connectivity index (χ1) is 13.8. The van der Waals surface area contributed by atoms with E-state index in [1.807, 2.05) is 24.5 Å².